The summed E-state index contributed by atoms with van der Waals surface area (Å²) >= 11 is 0. The van der Waals surface area contributed by atoms with E-state index >= 15 is 0 Å². The molecule has 6 nitrogen and oxygen atoms in total. The van der Waals surface area contributed by atoms with Crippen LogP contribution in [-0.2, 0) is 6.54 Å². The number of aromatic nitrogens is 3. The lowest BCUT2D eigenvalue weighted by atomic mass is 9.97. The zero-order chi connectivity index (χ0) is 22.1. The van der Waals surface area contributed by atoms with Gasteiger partial charge in [0.15, 0.2) is 5.65 Å². The van der Waals surface area contributed by atoms with Crippen LogP contribution < -0.4 is 11.1 Å². The number of nitrogen functional groups attached to an aromatic ring is 1. The SMILES string of the molecule is Cc1cccc(NC(=O)c2c(N)n(CCC3=CCCCC3)c3nc4ccccc4nc23)c1. The normalized spacial score (nSPS) is 14.0. The second-order valence-electron chi connectivity index (χ2n) is 8.48. The van der Waals surface area contributed by atoms with Crippen molar-refractivity contribution >= 4 is 39.6 Å². The van der Waals surface area contributed by atoms with Crippen molar-refractivity contribution in [1.29, 1.82) is 0 Å². The van der Waals surface area contributed by atoms with Gasteiger partial charge in [-0.15, -0.1) is 0 Å². The van der Waals surface area contributed by atoms with Crippen molar-refractivity contribution in [3.63, 3.8) is 0 Å². The molecule has 0 saturated heterocycles. The summed E-state index contributed by atoms with van der Waals surface area (Å²) in [6.45, 7) is 2.67. The molecule has 4 aromatic rings. The van der Waals surface area contributed by atoms with E-state index in [-0.39, 0.29) is 5.91 Å². The predicted molar refractivity (Wildman–Crippen MR) is 130 cm³/mol. The first-order chi connectivity index (χ1) is 15.6. The van der Waals surface area contributed by atoms with Gasteiger partial charge in [0.1, 0.15) is 16.9 Å². The average Bonchev–Trinajstić information content (AvgIpc) is 3.07. The number of carbonyl (C=O) groups excluding carboxylic acids is 1. The van der Waals surface area contributed by atoms with Gasteiger partial charge < -0.3 is 15.6 Å². The summed E-state index contributed by atoms with van der Waals surface area (Å²) in [6, 6.07) is 15.4. The summed E-state index contributed by atoms with van der Waals surface area (Å²) in [7, 11) is 0. The van der Waals surface area contributed by atoms with Crippen LogP contribution in [0.25, 0.3) is 22.2 Å². The van der Waals surface area contributed by atoms with E-state index in [1.807, 2.05) is 60.0 Å². The highest BCUT2D eigenvalue weighted by molar-refractivity contribution is 6.16. The number of hydrogen-bond donors (Lipinski definition) is 2. The third kappa shape index (κ3) is 3.84. The lowest BCUT2D eigenvalue weighted by Crippen LogP contribution is -2.15. The van der Waals surface area contributed by atoms with Gasteiger partial charge in [-0.1, -0.05) is 35.9 Å². The van der Waals surface area contributed by atoms with Gasteiger partial charge in [0, 0.05) is 12.2 Å². The molecule has 162 valence electrons. The fourth-order valence-electron chi connectivity index (χ4n) is 4.47. The lowest BCUT2D eigenvalue weighted by molar-refractivity contribution is 0.102. The monoisotopic (exact) mass is 425 g/mol. The molecular weight excluding hydrogens is 398 g/mol. The van der Waals surface area contributed by atoms with Crippen molar-refractivity contribution in [2.45, 2.75) is 45.6 Å². The van der Waals surface area contributed by atoms with Crippen LogP contribution in [0, 0.1) is 6.92 Å². The summed E-state index contributed by atoms with van der Waals surface area (Å²) in [5, 5.41) is 2.99. The largest absolute Gasteiger partial charge is 0.384 e. The number of nitrogens with zero attached hydrogens (tertiary/aromatic N) is 3. The molecule has 0 bridgehead atoms. The molecule has 0 atom stereocenters. The molecule has 2 heterocycles. The summed E-state index contributed by atoms with van der Waals surface area (Å²) in [5.41, 5.74) is 13.0. The molecule has 1 aliphatic rings. The molecule has 0 radical (unpaired) electrons. The Kier molecular flexibility index (Phi) is 5.35. The number of hydrogen-bond acceptors (Lipinski definition) is 4. The fraction of sp³-hybridized carbons (Fsp3) is 0.269. The molecule has 3 N–H and O–H groups in total. The molecule has 6 heteroatoms. The van der Waals surface area contributed by atoms with E-state index in [0.717, 1.165) is 41.5 Å². The minimum atomic E-state index is -0.265. The van der Waals surface area contributed by atoms with E-state index in [4.69, 9.17) is 15.7 Å². The van der Waals surface area contributed by atoms with Crippen LogP contribution in [0.15, 0.2) is 60.2 Å². The Morgan fingerprint density at radius 2 is 1.91 bits per heavy atom. The Hall–Kier alpha value is -3.67. The number of para-hydroxylation sites is 2. The third-order valence-electron chi connectivity index (χ3n) is 6.14. The van der Waals surface area contributed by atoms with E-state index in [1.54, 1.807) is 0 Å². The van der Waals surface area contributed by atoms with Gasteiger partial charge in [-0.3, -0.25) is 4.79 Å². The molecule has 2 aromatic heterocycles. The molecule has 32 heavy (non-hydrogen) atoms. The minimum absolute atomic E-state index is 0.265. The van der Waals surface area contributed by atoms with Crippen LogP contribution in [-0.4, -0.2) is 20.4 Å². The molecule has 1 aliphatic carbocycles. The van der Waals surface area contributed by atoms with Crippen molar-refractivity contribution in [2.75, 3.05) is 11.1 Å². The molecule has 0 aliphatic heterocycles. The highest BCUT2D eigenvalue weighted by Crippen LogP contribution is 2.30. The average molecular weight is 426 g/mol. The smallest absolute Gasteiger partial charge is 0.261 e. The van der Waals surface area contributed by atoms with Crippen LogP contribution in [0.3, 0.4) is 0 Å². The molecule has 2 aromatic carbocycles. The zero-order valence-electron chi connectivity index (χ0n) is 18.3. The Labute approximate surface area is 187 Å². The molecule has 0 unspecified atom stereocenters. The van der Waals surface area contributed by atoms with Gasteiger partial charge in [0.25, 0.3) is 5.91 Å². The Balaban J connectivity index is 1.59. The molecule has 1 amide bonds. The number of nitrogens with one attached hydrogen (secondary N) is 1. The Morgan fingerprint density at radius 1 is 1.09 bits per heavy atom. The van der Waals surface area contributed by atoms with Crippen molar-refractivity contribution in [2.24, 2.45) is 0 Å². The first-order valence-electron chi connectivity index (χ1n) is 11.2. The maximum absolute atomic E-state index is 13.3. The number of allylic oxidation sites excluding steroid dienone is 2. The molecule has 0 saturated carbocycles. The molecule has 5 rings (SSSR count). The van der Waals surface area contributed by atoms with E-state index < -0.39 is 0 Å². The fourth-order valence-corrected chi connectivity index (χ4v) is 4.47. The maximum Gasteiger partial charge on any atom is 0.261 e. The van der Waals surface area contributed by atoms with Crippen molar-refractivity contribution in [3.8, 4) is 0 Å². The number of amides is 1. The number of aryl methyl sites for hydroxylation is 2. The van der Waals surface area contributed by atoms with Crippen molar-refractivity contribution < 1.29 is 4.79 Å². The maximum atomic E-state index is 13.3. The van der Waals surface area contributed by atoms with Crippen LogP contribution in [0.2, 0.25) is 0 Å². The summed E-state index contributed by atoms with van der Waals surface area (Å²) in [5.74, 6) is 0.148. The zero-order valence-corrected chi connectivity index (χ0v) is 18.3. The predicted octanol–water partition coefficient (Wildman–Crippen LogP) is 5.62. The van der Waals surface area contributed by atoms with Gasteiger partial charge in [0.2, 0.25) is 0 Å². The number of fused-ring (bicyclic) bond motifs is 2. The number of anilines is 2. The van der Waals surface area contributed by atoms with E-state index in [2.05, 4.69) is 11.4 Å². The topological polar surface area (TPSA) is 85.8 Å². The van der Waals surface area contributed by atoms with Gasteiger partial charge in [-0.2, -0.15) is 0 Å². The number of benzene rings is 2. The number of carbonyl (C=O) groups is 1. The number of nitrogens with two attached hydrogens (primary N) is 1. The van der Waals surface area contributed by atoms with Crippen LogP contribution in [0.5, 0.6) is 0 Å². The van der Waals surface area contributed by atoms with Gasteiger partial charge in [-0.25, -0.2) is 9.97 Å². The second kappa shape index (κ2) is 8.46. The molecule has 0 spiro atoms. The highest BCUT2D eigenvalue weighted by atomic mass is 16.1. The highest BCUT2D eigenvalue weighted by Gasteiger charge is 2.24. The summed E-state index contributed by atoms with van der Waals surface area (Å²) in [6.07, 6.45) is 8.03. The van der Waals surface area contributed by atoms with Gasteiger partial charge in [-0.05, 0) is 68.9 Å². The number of rotatable bonds is 5. The third-order valence-corrected chi connectivity index (χ3v) is 6.14. The summed E-state index contributed by atoms with van der Waals surface area (Å²) in [4.78, 5) is 23.0. The Bertz CT molecular complexity index is 1350. The molecule has 0 fully saturated rings. The lowest BCUT2D eigenvalue weighted by Gasteiger charge is -2.14. The minimum Gasteiger partial charge on any atom is -0.384 e. The van der Waals surface area contributed by atoms with Crippen molar-refractivity contribution in [1.82, 2.24) is 14.5 Å². The first kappa shape index (κ1) is 20.2. The van der Waals surface area contributed by atoms with E-state index in [0.29, 0.717) is 29.1 Å². The van der Waals surface area contributed by atoms with Crippen LogP contribution in [0.1, 0.15) is 48.0 Å². The van der Waals surface area contributed by atoms with Crippen LogP contribution in [0.4, 0.5) is 11.5 Å². The van der Waals surface area contributed by atoms with Gasteiger partial charge >= 0.3 is 0 Å². The first-order valence-corrected chi connectivity index (χ1v) is 11.2. The Morgan fingerprint density at radius 3 is 2.66 bits per heavy atom. The quantitative estimate of drug-likeness (QED) is 0.407. The van der Waals surface area contributed by atoms with Gasteiger partial charge in [0.05, 0.1) is 11.0 Å². The second-order valence-corrected chi connectivity index (χ2v) is 8.48. The van der Waals surface area contributed by atoms with E-state index in [9.17, 15) is 4.79 Å². The van der Waals surface area contributed by atoms with Crippen LogP contribution >= 0.6 is 0 Å². The molecular formula is C26H27N5O. The van der Waals surface area contributed by atoms with Crippen molar-refractivity contribution in [3.05, 3.63) is 71.3 Å². The van der Waals surface area contributed by atoms with E-state index in [1.165, 1.54) is 18.4 Å². The standard InChI is InChI=1S/C26H27N5O/c1-17-8-7-11-19(16-17)28-26(32)22-23-25(30-21-13-6-5-12-20(21)29-23)31(24(22)27)15-14-18-9-3-2-4-10-18/h5-9,11-13,16H,2-4,10,14-15,27H2,1H3,(H,28,32). The summed E-state index contributed by atoms with van der Waals surface area (Å²) < 4.78 is 1.95.